The molecule has 3 heteroatoms. The molecule has 1 aliphatic heterocycles. The number of hydrogen-bond acceptors (Lipinski definition) is 3. The van der Waals surface area contributed by atoms with Crippen LogP contribution in [0.25, 0.3) is 0 Å². The molecule has 0 spiro atoms. The second-order valence-electron chi connectivity index (χ2n) is 4.81. The van der Waals surface area contributed by atoms with Crippen molar-refractivity contribution in [3.8, 4) is 5.75 Å². The fourth-order valence-corrected chi connectivity index (χ4v) is 2.64. The van der Waals surface area contributed by atoms with Gasteiger partial charge in [-0.3, -0.25) is 0 Å². The molecular formula is C14H22N2O. The standard InChI is InChI=1S/C14H22N2O/c1-3-4-11-7-8-16(10-11)14-6-5-12(17-2)9-13(14)15/h5-6,9,11H,3-4,7-8,10,15H2,1-2H3. The van der Waals surface area contributed by atoms with Crippen LogP contribution in [0, 0.1) is 5.92 Å². The highest BCUT2D eigenvalue weighted by Gasteiger charge is 2.23. The molecule has 17 heavy (non-hydrogen) atoms. The second-order valence-corrected chi connectivity index (χ2v) is 4.81. The Morgan fingerprint density at radius 1 is 1.47 bits per heavy atom. The van der Waals surface area contributed by atoms with Crippen LogP contribution in [0.15, 0.2) is 18.2 Å². The Morgan fingerprint density at radius 3 is 2.94 bits per heavy atom. The van der Waals surface area contributed by atoms with Crippen molar-refractivity contribution in [2.45, 2.75) is 26.2 Å². The van der Waals surface area contributed by atoms with Crippen LogP contribution in [-0.4, -0.2) is 20.2 Å². The normalized spacial score (nSPS) is 19.6. The maximum absolute atomic E-state index is 6.07. The molecule has 1 atom stereocenters. The number of rotatable bonds is 4. The third-order valence-electron chi connectivity index (χ3n) is 3.56. The molecule has 1 heterocycles. The van der Waals surface area contributed by atoms with Crippen molar-refractivity contribution in [3.05, 3.63) is 18.2 Å². The van der Waals surface area contributed by atoms with E-state index in [1.807, 2.05) is 12.1 Å². The van der Waals surface area contributed by atoms with Crippen LogP contribution in [0.5, 0.6) is 5.75 Å². The molecule has 0 radical (unpaired) electrons. The minimum absolute atomic E-state index is 0.821. The lowest BCUT2D eigenvalue weighted by Gasteiger charge is -2.21. The van der Waals surface area contributed by atoms with Crippen LogP contribution < -0.4 is 15.4 Å². The lowest BCUT2D eigenvalue weighted by molar-refractivity contribution is 0.415. The van der Waals surface area contributed by atoms with Crippen molar-refractivity contribution in [2.24, 2.45) is 5.92 Å². The van der Waals surface area contributed by atoms with Gasteiger partial charge in [-0.25, -0.2) is 0 Å². The van der Waals surface area contributed by atoms with E-state index in [9.17, 15) is 0 Å². The highest BCUT2D eigenvalue weighted by Crippen LogP contribution is 2.32. The summed E-state index contributed by atoms with van der Waals surface area (Å²) in [5.74, 6) is 1.66. The van der Waals surface area contributed by atoms with Crippen molar-refractivity contribution >= 4 is 11.4 Å². The van der Waals surface area contributed by atoms with E-state index in [2.05, 4.69) is 17.9 Å². The van der Waals surface area contributed by atoms with Gasteiger partial charge in [0.2, 0.25) is 0 Å². The molecule has 1 unspecified atom stereocenters. The van der Waals surface area contributed by atoms with E-state index in [4.69, 9.17) is 10.5 Å². The van der Waals surface area contributed by atoms with Gasteiger partial charge in [0, 0.05) is 19.2 Å². The maximum Gasteiger partial charge on any atom is 0.121 e. The minimum atomic E-state index is 0.821. The number of hydrogen-bond donors (Lipinski definition) is 1. The number of nitrogen functional groups attached to an aromatic ring is 1. The number of benzene rings is 1. The molecule has 1 fully saturated rings. The summed E-state index contributed by atoms with van der Waals surface area (Å²) < 4.78 is 5.17. The van der Waals surface area contributed by atoms with Gasteiger partial charge >= 0.3 is 0 Å². The highest BCUT2D eigenvalue weighted by atomic mass is 16.5. The van der Waals surface area contributed by atoms with E-state index >= 15 is 0 Å². The predicted octanol–water partition coefficient (Wildman–Crippen LogP) is 2.90. The molecule has 0 saturated carbocycles. The fraction of sp³-hybridized carbons (Fsp3) is 0.571. The van der Waals surface area contributed by atoms with E-state index in [1.165, 1.54) is 19.3 Å². The van der Waals surface area contributed by atoms with Gasteiger partial charge < -0.3 is 15.4 Å². The number of nitrogens with two attached hydrogens (primary N) is 1. The first kappa shape index (κ1) is 12.1. The zero-order chi connectivity index (χ0) is 12.3. The third kappa shape index (κ3) is 2.65. The van der Waals surface area contributed by atoms with Gasteiger partial charge in [-0.15, -0.1) is 0 Å². The van der Waals surface area contributed by atoms with Gasteiger partial charge in [-0.2, -0.15) is 0 Å². The van der Waals surface area contributed by atoms with Crippen molar-refractivity contribution in [3.63, 3.8) is 0 Å². The first-order valence-corrected chi connectivity index (χ1v) is 6.43. The summed E-state index contributed by atoms with van der Waals surface area (Å²) in [6.45, 7) is 4.52. The van der Waals surface area contributed by atoms with Gasteiger partial charge in [0.15, 0.2) is 0 Å². The molecule has 0 bridgehead atoms. The Bertz CT molecular complexity index is 378. The molecule has 94 valence electrons. The largest absolute Gasteiger partial charge is 0.497 e. The van der Waals surface area contributed by atoms with Crippen LogP contribution in [0.1, 0.15) is 26.2 Å². The van der Waals surface area contributed by atoms with Gasteiger partial charge in [0.1, 0.15) is 5.75 Å². The molecule has 2 rings (SSSR count). The highest BCUT2D eigenvalue weighted by molar-refractivity contribution is 5.69. The zero-order valence-electron chi connectivity index (χ0n) is 10.8. The fourth-order valence-electron chi connectivity index (χ4n) is 2.64. The van der Waals surface area contributed by atoms with E-state index < -0.39 is 0 Å². The van der Waals surface area contributed by atoms with Crippen molar-refractivity contribution < 1.29 is 4.74 Å². The van der Waals surface area contributed by atoms with Gasteiger partial charge in [0.25, 0.3) is 0 Å². The van der Waals surface area contributed by atoms with Gasteiger partial charge in [-0.1, -0.05) is 13.3 Å². The lowest BCUT2D eigenvalue weighted by Crippen LogP contribution is -2.20. The Hall–Kier alpha value is -1.38. The third-order valence-corrected chi connectivity index (χ3v) is 3.56. The molecule has 1 saturated heterocycles. The SMILES string of the molecule is CCCC1CCN(c2ccc(OC)cc2N)C1. The summed E-state index contributed by atoms with van der Waals surface area (Å²) in [7, 11) is 1.67. The Kier molecular flexibility index (Phi) is 3.77. The van der Waals surface area contributed by atoms with Crippen molar-refractivity contribution in [2.75, 3.05) is 30.8 Å². The average molecular weight is 234 g/mol. The number of anilines is 2. The van der Waals surface area contributed by atoms with Crippen LogP contribution >= 0.6 is 0 Å². The maximum atomic E-state index is 6.07. The summed E-state index contributed by atoms with van der Waals surface area (Å²) in [5.41, 5.74) is 8.05. The predicted molar refractivity (Wildman–Crippen MR) is 72.6 cm³/mol. The summed E-state index contributed by atoms with van der Waals surface area (Å²) >= 11 is 0. The van der Waals surface area contributed by atoms with Crippen LogP contribution in [0.2, 0.25) is 0 Å². The molecular weight excluding hydrogens is 212 g/mol. The Balaban J connectivity index is 2.08. The van der Waals surface area contributed by atoms with E-state index in [1.54, 1.807) is 7.11 Å². The molecule has 1 aromatic rings. The quantitative estimate of drug-likeness (QED) is 0.814. The summed E-state index contributed by atoms with van der Waals surface area (Å²) in [6, 6.07) is 5.96. The molecule has 0 aromatic heterocycles. The van der Waals surface area contributed by atoms with E-state index in [0.29, 0.717) is 0 Å². The smallest absolute Gasteiger partial charge is 0.121 e. The average Bonchev–Trinajstić information content (AvgIpc) is 2.78. The second kappa shape index (κ2) is 5.30. The first-order valence-electron chi connectivity index (χ1n) is 6.43. The summed E-state index contributed by atoms with van der Waals surface area (Å²) in [6.07, 6.45) is 3.89. The van der Waals surface area contributed by atoms with Gasteiger partial charge in [0.05, 0.1) is 18.5 Å². The van der Waals surface area contributed by atoms with Crippen LogP contribution in [0.4, 0.5) is 11.4 Å². The van der Waals surface area contributed by atoms with Gasteiger partial charge in [-0.05, 0) is 30.9 Å². The summed E-state index contributed by atoms with van der Waals surface area (Å²) in [4.78, 5) is 2.40. The monoisotopic (exact) mass is 234 g/mol. The molecule has 3 nitrogen and oxygen atoms in total. The molecule has 0 amide bonds. The van der Waals surface area contributed by atoms with Crippen LogP contribution in [0.3, 0.4) is 0 Å². The van der Waals surface area contributed by atoms with Crippen molar-refractivity contribution in [1.82, 2.24) is 0 Å². The minimum Gasteiger partial charge on any atom is -0.497 e. The Morgan fingerprint density at radius 2 is 2.29 bits per heavy atom. The lowest BCUT2D eigenvalue weighted by atomic mass is 10.0. The molecule has 2 N–H and O–H groups in total. The van der Waals surface area contributed by atoms with Crippen LogP contribution in [-0.2, 0) is 0 Å². The van der Waals surface area contributed by atoms with E-state index in [0.717, 1.165) is 36.1 Å². The topological polar surface area (TPSA) is 38.5 Å². The molecule has 0 aliphatic carbocycles. The zero-order valence-corrected chi connectivity index (χ0v) is 10.8. The first-order chi connectivity index (χ1) is 8.24. The summed E-state index contributed by atoms with van der Waals surface area (Å²) in [5, 5.41) is 0. The van der Waals surface area contributed by atoms with Crippen molar-refractivity contribution in [1.29, 1.82) is 0 Å². The molecule has 1 aliphatic rings. The van der Waals surface area contributed by atoms with E-state index in [-0.39, 0.29) is 0 Å². The Labute approximate surface area is 104 Å². The number of methoxy groups -OCH3 is 1. The molecule has 1 aromatic carbocycles. The number of ether oxygens (including phenoxy) is 1. The number of nitrogens with zero attached hydrogens (tertiary/aromatic N) is 1.